The van der Waals surface area contributed by atoms with Gasteiger partial charge in [0.1, 0.15) is 0 Å². The Morgan fingerprint density at radius 2 is 1.70 bits per heavy atom. The summed E-state index contributed by atoms with van der Waals surface area (Å²) in [6.45, 7) is 1.52. The molecule has 1 saturated carbocycles. The molecule has 0 spiro atoms. The minimum Gasteiger partial charge on any atom is -0.370 e. The fraction of sp³-hybridized carbons (Fsp3) is 0.409. The number of anilines is 3. The second-order valence-corrected chi connectivity index (χ2v) is 9.99. The summed E-state index contributed by atoms with van der Waals surface area (Å²) in [6.07, 6.45) is 0.0728. The summed E-state index contributed by atoms with van der Waals surface area (Å²) in [4.78, 5) is 14.7. The zero-order chi connectivity index (χ0) is 23.6. The molecule has 11 heteroatoms. The molecular weight excluding hydrogens is 457 g/mol. The van der Waals surface area contributed by atoms with Crippen molar-refractivity contribution >= 4 is 33.1 Å². The maximum atomic E-state index is 13.0. The molecular formula is C22H25F3N4O3S. The Morgan fingerprint density at radius 1 is 0.970 bits per heavy atom. The van der Waals surface area contributed by atoms with Crippen LogP contribution in [0.4, 0.5) is 35.0 Å². The maximum Gasteiger partial charge on any atom is 0.416 e. The van der Waals surface area contributed by atoms with Crippen LogP contribution in [0.1, 0.15) is 37.7 Å². The third kappa shape index (κ3) is 5.97. The lowest BCUT2D eigenvalue weighted by atomic mass is 10.1. The van der Waals surface area contributed by atoms with Gasteiger partial charge in [-0.05, 0) is 68.5 Å². The van der Waals surface area contributed by atoms with Crippen LogP contribution in [0.5, 0.6) is 0 Å². The van der Waals surface area contributed by atoms with Gasteiger partial charge in [-0.25, -0.2) is 17.9 Å². The number of rotatable bonds is 6. The average molecular weight is 483 g/mol. The monoisotopic (exact) mass is 482 g/mol. The van der Waals surface area contributed by atoms with Gasteiger partial charge in [-0.3, -0.25) is 0 Å². The predicted molar refractivity (Wildman–Crippen MR) is 120 cm³/mol. The van der Waals surface area contributed by atoms with Gasteiger partial charge in [-0.15, -0.1) is 0 Å². The molecule has 0 atom stereocenters. The van der Waals surface area contributed by atoms with Crippen molar-refractivity contribution in [2.24, 2.45) is 0 Å². The topological polar surface area (TPSA) is 90.5 Å². The Hall–Kier alpha value is -2.79. The molecule has 33 heavy (non-hydrogen) atoms. The SMILES string of the molecule is O=C(Nc1cccc(C(F)(F)F)c1)Nc1cc(S(=O)(=O)NC2CC2)ccc1N1CCCCC1. The molecule has 2 fully saturated rings. The van der Waals surface area contributed by atoms with Crippen LogP contribution in [-0.2, 0) is 16.2 Å². The van der Waals surface area contributed by atoms with E-state index in [1.807, 2.05) is 0 Å². The number of benzene rings is 2. The summed E-state index contributed by atoms with van der Waals surface area (Å²) < 4.78 is 66.8. The summed E-state index contributed by atoms with van der Waals surface area (Å²) in [5.41, 5.74) is 0.0360. The molecule has 0 bridgehead atoms. The van der Waals surface area contributed by atoms with E-state index in [0.29, 0.717) is 5.69 Å². The van der Waals surface area contributed by atoms with Crippen LogP contribution in [0.25, 0.3) is 0 Å². The zero-order valence-electron chi connectivity index (χ0n) is 17.8. The Morgan fingerprint density at radius 3 is 2.36 bits per heavy atom. The van der Waals surface area contributed by atoms with E-state index in [2.05, 4.69) is 20.3 Å². The molecule has 178 valence electrons. The summed E-state index contributed by atoms with van der Waals surface area (Å²) in [7, 11) is -3.75. The fourth-order valence-electron chi connectivity index (χ4n) is 3.74. The highest BCUT2D eigenvalue weighted by Gasteiger charge is 2.31. The van der Waals surface area contributed by atoms with Crippen LogP contribution in [0.2, 0.25) is 0 Å². The lowest BCUT2D eigenvalue weighted by molar-refractivity contribution is -0.137. The van der Waals surface area contributed by atoms with Crippen molar-refractivity contribution in [3.63, 3.8) is 0 Å². The quantitative estimate of drug-likeness (QED) is 0.553. The van der Waals surface area contributed by atoms with Crippen molar-refractivity contribution in [3.05, 3.63) is 48.0 Å². The molecule has 1 aliphatic carbocycles. The highest BCUT2D eigenvalue weighted by Crippen LogP contribution is 2.33. The van der Waals surface area contributed by atoms with Crippen molar-refractivity contribution in [3.8, 4) is 0 Å². The van der Waals surface area contributed by atoms with Crippen LogP contribution in [0.15, 0.2) is 47.4 Å². The minimum atomic E-state index is -4.53. The van der Waals surface area contributed by atoms with Gasteiger partial charge < -0.3 is 15.5 Å². The lowest BCUT2D eigenvalue weighted by Gasteiger charge is -2.31. The zero-order valence-corrected chi connectivity index (χ0v) is 18.6. The standard InChI is InChI=1S/C22H25F3N4O3S/c23-22(24,25)15-5-4-6-17(13-15)26-21(30)27-19-14-18(33(31,32)28-16-7-8-16)9-10-20(19)29-11-2-1-3-12-29/h4-6,9-10,13-14,16,28H,1-3,7-8,11-12H2,(H2,26,27,30). The Kier molecular flexibility index (Phi) is 6.53. The molecule has 0 aromatic heterocycles. The number of nitrogens with zero attached hydrogens (tertiary/aromatic N) is 1. The van der Waals surface area contributed by atoms with Gasteiger partial charge in [-0.2, -0.15) is 13.2 Å². The molecule has 1 saturated heterocycles. The van der Waals surface area contributed by atoms with Gasteiger partial charge in [-0.1, -0.05) is 6.07 Å². The highest BCUT2D eigenvalue weighted by molar-refractivity contribution is 7.89. The Bertz CT molecular complexity index is 1130. The molecule has 1 aliphatic heterocycles. The first kappa shape index (κ1) is 23.4. The number of amides is 2. The number of carbonyl (C=O) groups is 1. The van der Waals surface area contributed by atoms with E-state index in [1.54, 1.807) is 6.07 Å². The number of halogens is 3. The lowest BCUT2D eigenvalue weighted by Crippen LogP contribution is -2.31. The molecule has 2 aromatic carbocycles. The average Bonchev–Trinajstić information content (AvgIpc) is 3.57. The molecule has 2 amide bonds. The molecule has 2 aromatic rings. The normalized spacial score (nSPS) is 17.0. The molecule has 2 aliphatic rings. The third-order valence-corrected chi connectivity index (χ3v) is 7.09. The first-order valence-corrected chi connectivity index (χ1v) is 12.3. The van der Waals surface area contributed by atoms with Crippen LogP contribution in [0.3, 0.4) is 0 Å². The molecule has 3 N–H and O–H groups in total. The summed E-state index contributed by atoms with van der Waals surface area (Å²) in [5, 5.41) is 5.03. The first-order chi connectivity index (χ1) is 15.6. The van der Waals surface area contributed by atoms with E-state index in [4.69, 9.17) is 0 Å². The third-order valence-electron chi connectivity index (χ3n) is 5.57. The number of sulfonamides is 1. The molecule has 7 nitrogen and oxygen atoms in total. The van der Waals surface area contributed by atoms with Gasteiger partial charge in [0.2, 0.25) is 10.0 Å². The largest absolute Gasteiger partial charge is 0.416 e. The summed E-state index contributed by atoms with van der Waals surface area (Å²) in [6, 6.07) is 8.02. The van der Waals surface area contributed by atoms with Crippen LogP contribution < -0.4 is 20.3 Å². The van der Waals surface area contributed by atoms with Gasteiger partial charge in [0, 0.05) is 24.8 Å². The summed E-state index contributed by atoms with van der Waals surface area (Å²) in [5.74, 6) is 0. The molecule has 1 heterocycles. The van der Waals surface area contributed by atoms with Gasteiger partial charge in [0.05, 0.1) is 21.8 Å². The number of nitrogens with one attached hydrogen (secondary N) is 3. The summed E-state index contributed by atoms with van der Waals surface area (Å²) >= 11 is 0. The number of hydrogen-bond acceptors (Lipinski definition) is 4. The molecule has 0 unspecified atom stereocenters. The fourth-order valence-corrected chi connectivity index (χ4v) is 5.07. The van der Waals surface area contributed by atoms with E-state index in [1.165, 1.54) is 24.3 Å². The van der Waals surface area contributed by atoms with E-state index < -0.39 is 27.8 Å². The Balaban J connectivity index is 1.58. The second-order valence-electron chi connectivity index (χ2n) is 8.28. The number of carbonyl (C=O) groups excluding carboxylic acids is 1. The molecule has 4 rings (SSSR count). The maximum absolute atomic E-state index is 13.0. The van der Waals surface area contributed by atoms with E-state index >= 15 is 0 Å². The molecule has 0 radical (unpaired) electrons. The second kappa shape index (κ2) is 9.22. The van der Waals surface area contributed by atoms with E-state index in [9.17, 15) is 26.4 Å². The van der Waals surface area contributed by atoms with Crippen LogP contribution in [0, 0.1) is 0 Å². The van der Waals surface area contributed by atoms with Crippen molar-refractivity contribution in [2.75, 3.05) is 28.6 Å². The van der Waals surface area contributed by atoms with Crippen molar-refractivity contribution in [2.45, 2.75) is 49.2 Å². The van der Waals surface area contributed by atoms with Crippen molar-refractivity contribution in [1.82, 2.24) is 4.72 Å². The van der Waals surface area contributed by atoms with Crippen LogP contribution >= 0.6 is 0 Å². The van der Waals surface area contributed by atoms with Gasteiger partial charge >= 0.3 is 12.2 Å². The van der Waals surface area contributed by atoms with Crippen molar-refractivity contribution < 1.29 is 26.4 Å². The predicted octanol–water partition coefficient (Wildman–Crippen LogP) is 4.78. The minimum absolute atomic E-state index is 0.0181. The van der Waals surface area contributed by atoms with Crippen molar-refractivity contribution in [1.29, 1.82) is 0 Å². The van der Waals surface area contributed by atoms with Gasteiger partial charge in [0.15, 0.2) is 0 Å². The van der Waals surface area contributed by atoms with Gasteiger partial charge in [0.25, 0.3) is 0 Å². The number of alkyl halides is 3. The first-order valence-electron chi connectivity index (χ1n) is 10.8. The van der Waals surface area contributed by atoms with Crippen LogP contribution in [-0.4, -0.2) is 33.6 Å². The number of piperidine rings is 1. The van der Waals surface area contributed by atoms with E-state index in [0.717, 1.165) is 57.3 Å². The smallest absolute Gasteiger partial charge is 0.370 e. The van der Waals surface area contributed by atoms with E-state index in [-0.39, 0.29) is 22.3 Å². The number of urea groups is 1. The number of hydrogen-bond donors (Lipinski definition) is 3. The highest BCUT2D eigenvalue weighted by atomic mass is 32.2. The Labute approximate surface area is 190 Å².